The van der Waals surface area contributed by atoms with Gasteiger partial charge in [-0.2, -0.15) is 0 Å². The van der Waals surface area contributed by atoms with Crippen molar-refractivity contribution in [3.8, 4) is 17.0 Å². The number of halogens is 1. The molecular weight excluding hydrogens is 614 g/mol. The summed E-state index contributed by atoms with van der Waals surface area (Å²) in [5.41, 5.74) is 6.38. The lowest BCUT2D eigenvalue weighted by Crippen LogP contribution is -2.40. The molecule has 212 valence electrons. The number of carbonyl (C=O) groups excluding carboxylic acids is 1. The molecule has 3 aromatic carbocycles. The van der Waals surface area contributed by atoms with E-state index in [2.05, 4.69) is 52.1 Å². The summed E-state index contributed by atoms with van der Waals surface area (Å²) in [5, 5.41) is 1.03. The van der Waals surface area contributed by atoms with Gasteiger partial charge in [-0.15, -0.1) is 0 Å². The number of para-hydroxylation sites is 1. The van der Waals surface area contributed by atoms with Gasteiger partial charge in [-0.1, -0.05) is 65.9 Å². The minimum Gasteiger partial charge on any atom is -0.496 e. The number of benzene rings is 3. The molecule has 0 amide bonds. The molecular formula is C33H28BrN3O4S. The summed E-state index contributed by atoms with van der Waals surface area (Å²) in [6.07, 6.45) is 1.94. The second kappa shape index (κ2) is 11.2. The van der Waals surface area contributed by atoms with Crippen molar-refractivity contribution in [3.05, 3.63) is 119 Å². The van der Waals surface area contributed by atoms with Gasteiger partial charge < -0.3 is 14.5 Å². The quantitative estimate of drug-likeness (QED) is 0.230. The van der Waals surface area contributed by atoms with E-state index in [-0.39, 0.29) is 12.2 Å². The number of carbonyl (C=O) groups is 1. The lowest BCUT2D eigenvalue weighted by molar-refractivity contribution is -0.139. The normalized spacial score (nSPS) is 15.1. The third kappa shape index (κ3) is 4.72. The first-order valence-electron chi connectivity index (χ1n) is 13.5. The maximum absolute atomic E-state index is 14.3. The minimum atomic E-state index is -0.719. The zero-order valence-electron chi connectivity index (χ0n) is 23.5. The van der Waals surface area contributed by atoms with Crippen LogP contribution in [0.5, 0.6) is 5.75 Å². The molecule has 2 aromatic heterocycles. The Bertz CT molecular complexity index is 2070. The molecule has 0 bridgehead atoms. The van der Waals surface area contributed by atoms with Crippen molar-refractivity contribution in [2.75, 3.05) is 13.7 Å². The van der Waals surface area contributed by atoms with Crippen molar-refractivity contribution in [2.24, 2.45) is 4.99 Å². The van der Waals surface area contributed by atoms with E-state index in [1.807, 2.05) is 48.5 Å². The van der Waals surface area contributed by atoms with E-state index in [4.69, 9.17) is 14.5 Å². The number of methoxy groups -OCH3 is 1. The monoisotopic (exact) mass is 641 g/mol. The number of esters is 1. The first kappa shape index (κ1) is 27.9. The number of fused-ring (bicyclic) bond motifs is 2. The second-order valence-corrected chi connectivity index (χ2v) is 11.8. The Morgan fingerprint density at radius 1 is 1.12 bits per heavy atom. The number of allylic oxidation sites excluding steroid dienone is 1. The molecule has 1 aliphatic heterocycles. The molecule has 0 spiro atoms. The Hall–Kier alpha value is -4.21. The second-order valence-electron chi connectivity index (χ2n) is 9.97. The largest absolute Gasteiger partial charge is 0.496 e. The van der Waals surface area contributed by atoms with Crippen LogP contribution in [0.2, 0.25) is 0 Å². The summed E-state index contributed by atoms with van der Waals surface area (Å²) in [7, 11) is 1.59. The van der Waals surface area contributed by atoms with Gasteiger partial charge in [0.25, 0.3) is 5.56 Å². The van der Waals surface area contributed by atoms with Crippen molar-refractivity contribution in [2.45, 2.75) is 26.8 Å². The molecule has 5 aromatic rings. The van der Waals surface area contributed by atoms with Crippen LogP contribution in [0.4, 0.5) is 0 Å². The van der Waals surface area contributed by atoms with Gasteiger partial charge in [0.2, 0.25) is 0 Å². The lowest BCUT2D eigenvalue weighted by atomic mass is 9.96. The number of ether oxygens (including phenoxy) is 2. The van der Waals surface area contributed by atoms with E-state index in [9.17, 15) is 9.59 Å². The van der Waals surface area contributed by atoms with Gasteiger partial charge in [0.15, 0.2) is 4.80 Å². The number of aromatic amines is 1. The summed E-state index contributed by atoms with van der Waals surface area (Å²) in [5.74, 6) is 0.149. The number of H-pyrrole nitrogens is 1. The van der Waals surface area contributed by atoms with E-state index in [1.165, 1.54) is 11.3 Å². The first-order chi connectivity index (χ1) is 20.3. The molecule has 0 aliphatic carbocycles. The van der Waals surface area contributed by atoms with Crippen LogP contribution >= 0.6 is 27.3 Å². The van der Waals surface area contributed by atoms with Gasteiger partial charge >= 0.3 is 5.97 Å². The highest BCUT2D eigenvalue weighted by atomic mass is 79.9. The van der Waals surface area contributed by atoms with Crippen molar-refractivity contribution < 1.29 is 14.3 Å². The van der Waals surface area contributed by atoms with Gasteiger partial charge in [0, 0.05) is 16.5 Å². The zero-order valence-corrected chi connectivity index (χ0v) is 25.9. The number of rotatable bonds is 6. The fraction of sp³-hybridized carbons (Fsp3) is 0.182. The molecule has 0 saturated carbocycles. The molecule has 1 atom stereocenters. The van der Waals surface area contributed by atoms with Gasteiger partial charge in [-0.25, -0.2) is 9.79 Å². The molecule has 3 heterocycles. The highest BCUT2D eigenvalue weighted by Crippen LogP contribution is 2.36. The molecule has 7 nitrogen and oxygen atoms in total. The van der Waals surface area contributed by atoms with Crippen LogP contribution < -0.4 is 19.6 Å². The maximum Gasteiger partial charge on any atom is 0.338 e. The minimum absolute atomic E-state index is 0.210. The molecule has 9 heteroatoms. The summed E-state index contributed by atoms with van der Waals surface area (Å²) >= 11 is 4.87. The number of nitrogens with zero attached hydrogens (tertiary/aromatic N) is 2. The van der Waals surface area contributed by atoms with Crippen LogP contribution in [-0.2, 0) is 9.53 Å². The number of hydrogen-bond donors (Lipinski definition) is 1. The molecule has 42 heavy (non-hydrogen) atoms. The third-order valence-electron chi connectivity index (χ3n) is 7.43. The standard InChI is InChI=1S/C33H28BrN3O4S/c1-5-41-32(39)27-19(3)35-33-37(30(27)21-14-15-25(40-4)24(34)16-21)31(38)26(42-33)17-23-22-13-9-10-18(2)28(22)36-29(23)20-11-7-6-8-12-20/h6-17,30,36H,5H2,1-4H3/b26-17+/t30-/m1/s1. The highest BCUT2D eigenvalue weighted by molar-refractivity contribution is 9.10. The van der Waals surface area contributed by atoms with E-state index in [0.29, 0.717) is 30.8 Å². The number of hydrogen-bond acceptors (Lipinski definition) is 6. The molecule has 0 unspecified atom stereocenters. The molecule has 0 fully saturated rings. The Morgan fingerprint density at radius 2 is 1.90 bits per heavy atom. The zero-order chi connectivity index (χ0) is 29.5. The van der Waals surface area contributed by atoms with Crippen LogP contribution in [0.3, 0.4) is 0 Å². The van der Waals surface area contributed by atoms with E-state index >= 15 is 0 Å². The fourth-order valence-corrected chi connectivity index (χ4v) is 7.05. The van der Waals surface area contributed by atoms with Crippen LogP contribution in [0.15, 0.2) is 92.3 Å². The van der Waals surface area contributed by atoms with Crippen molar-refractivity contribution >= 4 is 50.2 Å². The fourth-order valence-electron chi connectivity index (χ4n) is 5.46. The van der Waals surface area contributed by atoms with E-state index in [0.717, 1.165) is 38.9 Å². The van der Waals surface area contributed by atoms with E-state index < -0.39 is 12.0 Å². The number of thiazole rings is 1. The van der Waals surface area contributed by atoms with E-state index in [1.54, 1.807) is 25.5 Å². The van der Waals surface area contributed by atoms with Crippen LogP contribution in [0, 0.1) is 6.92 Å². The van der Waals surface area contributed by atoms with Crippen molar-refractivity contribution in [3.63, 3.8) is 0 Å². The predicted molar refractivity (Wildman–Crippen MR) is 170 cm³/mol. The van der Waals surface area contributed by atoms with Crippen LogP contribution in [0.1, 0.15) is 36.6 Å². The van der Waals surface area contributed by atoms with Gasteiger partial charge in [-0.3, -0.25) is 9.36 Å². The first-order valence-corrected chi connectivity index (χ1v) is 15.1. The number of nitrogens with one attached hydrogen (secondary N) is 1. The maximum atomic E-state index is 14.3. The van der Waals surface area contributed by atoms with Gasteiger partial charge in [0.05, 0.1) is 45.7 Å². The average Bonchev–Trinajstić information content (AvgIpc) is 3.50. The Balaban J connectivity index is 1.62. The topological polar surface area (TPSA) is 85.7 Å². The Morgan fingerprint density at radius 3 is 2.62 bits per heavy atom. The SMILES string of the molecule is CCOC(=O)C1=C(C)N=c2s/c(=C/c3c(-c4ccccc4)[nH]c4c(C)cccc34)c(=O)n2[C@@H]1c1ccc(OC)c(Br)c1. The summed E-state index contributed by atoms with van der Waals surface area (Å²) in [6, 6.07) is 21.1. The predicted octanol–water partition coefficient (Wildman–Crippen LogP) is 6.03. The number of aryl methyl sites for hydroxylation is 1. The van der Waals surface area contributed by atoms with Gasteiger partial charge in [0.1, 0.15) is 5.75 Å². The average molecular weight is 643 g/mol. The third-order valence-corrected chi connectivity index (χ3v) is 9.03. The molecule has 1 N–H and O–H groups in total. The molecule has 0 saturated heterocycles. The lowest BCUT2D eigenvalue weighted by Gasteiger charge is -2.25. The smallest absolute Gasteiger partial charge is 0.338 e. The number of aromatic nitrogens is 2. The molecule has 6 rings (SSSR count). The molecule has 1 aliphatic rings. The summed E-state index contributed by atoms with van der Waals surface area (Å²) in [6.45, 7) is 5.82. The Kier molecular flexibility index (Phi) is 7.47. The van der Waals surface area contributed by atoms with Crippen LogP contribution in [0.25, 0.3) is 28.2 Å². The Labute approximate surface area is 254 Å². The van der Waals surface area contributed by atoms with Gasteiger partial charge in [-0.05, 0) is 71.6 Å². The molecule has 0 radical (unpaired) electrons. The van der Waals surface area contributed by atoms with Crippen LogP contribution in [-0.4, -0.2) is 29.2 Å². The van der Waals surface area contributed by atoms with Crippen molar-refractivity contribution in [1.29, 1.82) is 0 Å². The summed E-state index contributed by atoms with van der Waals surface area (Å²) in [4.78, 5) is 36.4. The summed E-state index contributed by atoms with van der Waals surface area (Å²) < 4.78 is 13.7. The highest BCUT2D eigenvalue weighted by Gasteiger charge is 2.33. The van der Waals surface area contributed by atoms with Crippen molar-refractivity contribution in [1.82, 2.24) is 9.55 Å².